The SMILES string of the molecule is Cc1cc(-c2c(C(C)C)ccc(C(C)C)c2-c2cc(C)c(N)c(C)c2)cc(C)c1N. The normalized spacial score (nSPS) is 11.5. The molecule has 4 N–H and O–H groups in total. The van der Waals surface area contributed by atoms with Gasteiger partial charge in [0.25, 0.3) is 0 Å². The number of benzene rings is 3. The maximum atomic E-state index is 6.30. The quantitative estimate of drug-likeness (QED) is 0.441. The molecule has 3 aromatic carbocycles. The van der Waals surface area contributed by atoms with Crippen molar-refractivity contribution in [3.05, 3.63) is 69.8 Å². The molecule has 2 heteroatoms. The lowest BCUT2D eigenvalue weighted by molar-refractivity contribution is 0.849. The molecule has 0 bridgehead atoms. The zero-order valence-electron chi connectivity index (χ0n) is 19.8. The van der Waals surface area contributed by atoms with Crippen LogP contribution in [0.3, 0.4) is 0 Å². The van der Waals surface area contributed by atoms with Gasteiger partial charge in [0.05, 0.1) is 0 Å². The fraction of sp³-hybridized carbons (Fsp3) is 0.357. The van der Waals surface area contributed by atoms with E-state index in [0.29, 0.717) is 11.8 Å². The zero-order valence-corrected chi connectivity index (χ0v) is 19.8. The van der Waals surface area contributed by atoms with Crippen LogP contribution in [0.2, 0.25) is 0 Å². The van der Waals surface area contributed by atoms with E-state index in [1.54, 1.807) is 0 Å². The van der Waals surface area contributed by atoms with Gasteiger partial charge in [0.15, 0.2) is 0 Å². The lowest BCUT2D eigenvalue weighted by Crippen LogP contribution is -2.04. The van der Waals surface area contributed by atoms with Crippen LogP contribution in [-0.2, 0) is 0 Å². The largest absolute Gasteiger partial charge is 0.398 e. The Balaban J connectivity index is 2.50. The van der Waals surface area contributed by atoms with E-state index in [4.69, 9.17) is 11.5 Å². The van der Waals surface area contributed by atoms with Gasteiger partial charge in [0, 0.05) is 11.4 Å². The molecule has 0 saturated carbocycles. The summed E-state index contributed by atoms with van der Waals surface area (Å²) in [6.45, 7) is 17.5. The Kier molecular flexibility index (Phi) is 5.99. The topological polar surface area (TPSA) is 52.0 Å². The van der Waals surface area contributed by atoms with E-state index in [0.717, 1.165) is 33.6 Å². The average Bonchev–Trinajstić information content (AvgIpc) is 2.68. The molecular formula is C28H36N2. The summed E-state index contributed by atoms with van der Waals surface area (Å²) in [5.41, 5.74) is 26.7. The van der Waals surface area contributed by atoms with E-state index in [-0.39, 0.29) is 0 Å². The first-order valence-electron chi connectivity index (χ1n) is 10.9. The van der Waals surface area contributed by atoms with Crippen molar-refractivity contribution in [3.8, 4) is 22.3 Å². The standard InChI is InChI=1S/C28H36N2/c1-15(2)23-9-10-24(16(3)4)26(22-13-19(7)28(30)20(8)14-22)25(23)21-11-17(5)27(29)18(6)12-21/h9-16H,29-30H2,1-8H3. The molecular weight excluding hydrogens is 364 g/mol. The highest BCUT2D eigenvalue weighted by atomic mass is 14.6. The number of nitrogen functional groups attached to an aromatic ring is 2. The lowest BCUT2D eigenvalue weighted by atomic mass is 9.80. The highest BCUT2D eigenvalue weighted by Crippen LogP contribution is 2.44. The van der Waals surface area contributed by atoms with Crippen LogP contribution < -0.4 is 11.5 Å². The highest BCUT2D eigenvalue weighted by Gasteiger charge is 2.21. The second-order valence-corrected chi connectivity index (χ2v) is 9.35. The Morgan fingerprint density at radius 1 is 0.533 bits per heavy atom. The molecule has 3 rings (SSSR count). The van der Waals surface area contributed by atoms with Gasteiger partial charge in [0.1, 0.15) is 0 Å². The lowest BCUT2D eigenvalue weighted by Gasteiger charge is -2.25. The fourth-order valence-corrected chi connectivity index (χ4v) is 4.46. The van der Waals surface area contributed by atoms with Crippen LogP contribution in [-0.4, -0.2) is 0 Å². The van der Waals surface area contributed by atoms with Crippen molar-refractivity contribution in [1.29, 1.82) is 0 Å². The Morgan fingerprint density at radius 2 is 0.800 bits per heavy atom. The molecule has 0 aromatic heterocycles. The molecule has 0 aliphatic rings. The maximum absolute atomic E-state index is 6.30. The van der Waals surface area contributed by atoms with Crippen molar-refractivity contribution < 1.29 is 0 Å². The summed E-state index contributed by atoms with van der Waals surface area (Å²) in [4.78, 5) is 0. The van der Waals surface area contributed by atoms with Crippen molar-refractivity contribution in [3.63, 3.8) is 0 Å². The summed E-state index contributed by atoms with van der Waals surface area (Å²) in [6, 6.07) is 13.6. The van der Waals surface area contributed by atoms with Crippen molar-refractivity contribution in [2.45, 2.75) is 67.2 Å². The Hall–Kier alpha value is -2.74. The number of nitrogens with two attached hydrogens (primary N) is 2. The van der Waals surface area contributed by atoms with Gasteiger partial charge in [-0.2, -0.15) is 0 Å². The molecule has 0 amide bonds. The molecule has 0 aliphatic heterocycles. The van der Waals surface area contributed by atoms with E-state index in [2.05, 4.69) is 91.8 Å². The van der Waals surface area contributed by atoms with E-state index in [1.165, 1.54) is 33.4 Å². The van der Waals surface area contributed by atoms with Crippen molar-refractivity contribution in [1.82, 2.24) is 0 Å². The number of aryl methyl sites for hydroxylation is 4. The van der Waals surface area contributed by atoms with Crippen LogP contribution >= 0.6 is 0 Å². The maximum Gasteiger partial charge on any atom is 0.0373 e. The summed E-state index contributed by atoms with van der Waals surface area (Å²) in [5, 5.41) is 0. The first-order valence-corrected chi connectivity index (χ1v) is 10.9. The van der Waals surface area contributed by atoms with Gasteiger partial charge in [0.2, 0.25) is 0 Å². The number of hydrogen-bond acceptors (Lipinski definition) is 2. The third-order valence-electron chi connectivity index (χ3n) is 6.28. The van der Waals surface area contributed by atoms with Gasteiger partial charge in [-0.05, 0) is 119 Å². The molecule has 0 heterocycles. The predicted octanol–water partition coefficient (Wildman–Crippen LogP) is 7.67. The molecule has 0 atom stereocenters. The first-order chi connectivity index (χ1) is 14.0. The molecule has 0 spiro atoms. The number of rotatable bonds is 4. The van der Waals surface area contributed by atoms with E-state index in [1.807, 2.05) is 0 Å². The van der Waals surface area contributed by atoms with Gasteiger partial charge in [-0.1, -0.05) is 39.8 Å². The summed E-state index contributed by atoms with van der Waals surface area (Å²) in [7, 11) is 0. The van der Waals surface area contributed by atoms with Gasteiger partial charge < -0.3 is 11.5 Å². The van der Waals surface area contributed by atoms with Crippen molar-refractivity contribution >= 4 is 11.4 Å². The monoisotopic (exact) mass is 400 g/mol. The minimum absolute atomic E-state index is 0.411. The third-order valence-corrected chi connectivity index (χ3v) is 6.28. The Morgan fingerprint density at radius 3 is 1.03 bits per heavy atom. The van der Waals surface area contributed by atoms with Crippen molar-refractivity contribution in [2.24, 2.45) is 0 Å². The smallest absolute Gasteiger partial charge is 0.0373 e. The molecule has 158 valence electrons. The van der Waals surface area contributed by atoms with Crippen LogP contribution in [0.1, 0.15) is 72.9 Å². The van der Waals surface area contributed by atoms with Gasteiger partial charge in [-0.15, -0.1) is 0 Å². The van der Waals surface area contributed by atoms with E-state index >= 15 is 0 Å². The summed E-state index contributed by atoms with van der Waals surface area (Å²) >= 11 is 0. The van der Waals surface area contributed by atoms with Crippen LogP contribution in [0.15, 0.2) is 36.4 Å². The Labute approximate surface area is 182 Å². The summed E-state index contributed by atoms with van der Waals surface area (Å²) in [5.74, 6) is 0.822. The highest BCUT2D eigenvalue weighted by molar-refractivity contribution is 5.90. The molecule has 0 saturated heterocycles. The third kappa shape index (κ3) is 3.84. The first kappa shape index (κ1) is 22.0. The minimum Gasteiger partial charge on any atom is -0.398 e. The molecule has 3 aromatic rings. The fourth-order valence-electron chi connectivity index (χ4n) is 4.46. The average molecular weight is 401 g/mol. The van der Waals surface area contributed by atoms with Crippen LogP contribution in [0.4, 0.5) is 11.4 Å². The van der Waals surface area contributed by atoms with Crippen LogP contribution in [0.5, 0.6) is 0 Å². The van der Waals surface area contributed by atoms with Crippen molar-refractivity contribution in [2.75, 3.05) is 11.5 Å². The molecule has 0 fully saturated rings. The van der Waals surface area contributed by atoms with E-state index in [9.17, 15) is 0 Å². The summed E-state index contributed by atoms with van der Waals surface area (Å²) in [6.07, 6.45) is 0. The molecule has 0 unspecified atom stereocenters. The van der Waals surface area contributed by atoms with Crippen LogP contribution in [0, 0.1) is 27.7 Å². The van der Waals surface area contributed by atoms with Gasteiger partial charge in [-0.3, -0.25) is 0 Å². The number of anilines is 2. The molecule has 0 aliphatic carbocycles. The van der Waals surface area contributed by atoms with E-state index < -0.39 is 0 Å². The summed E-state index contributed by atoms with van der Waals surface area (Å²) < 4.78 is 0. The second kappa shape index (κ2) is 8.18. The second-order valence-electron chi connectivity index (χ2n) is 9.35. The van der Waals surface area contributed by atoms with Crippen LogP contribution in [0.25, 0.3) is 22.3 Å². The van der Waals surface area contributed by atoms with Gasteiger partial charge in [-0.25, -0.2) is 0 Å². The number of hydrogen-bond donors (Lipinski definition) is 2. The Bertz CT molecular complexity index is 969. The molecule has 2 nitrogen and oxygen atoms in total. The van der Waals surface area contributed by atoms with Gasteiger partial charge >= 0.3 is 0 Å². The zero-order chi connectivity index (χ0) is 22.3. The minimum atomic E-state index is 0.411. The molecule has 0 radical (unpaired) electrons. The molecule has 30 heavy (non-hydrogen) atoms. The predicted molar refractivity (Wildman–Crippen MR) is 133 cm³/mol.